The van der Waals surface area contributed by atoms with Crippen molar-refractivity contribution in [3.05, 3.63) is 117 Å². The average Bonchev–Trinajstić information content (AvgIpc) is 3.19. The Kier molecular flexibility index (Phi) is 5.55. The molecule has 0 fully saturated rings. The van der Waals surface area contributed by atoms with E-state index in [9.17, 15) is 4.79 Å². The third kappa shape index (κ3) is 3.88. The van der Waals surface area contributed by atoms with Gasteiger partial charge < -0.3 is 9.13 Å². The van der Waals surface area contributed by atoms with Gasteiger partial charge in [-0.2, -0.15) is 8.78 Å². The Morgan fingerprint density at radius 3 is 2.34 bits per heavy atom. The molecule has 0 N–H and O–H groups in total. The number of aromatic nitrogens is 3. The number of nitrogens with zero attached hydrogens (tertiary/aromatic N) is 3. The number of aryl methyl sites for hydroxylation is 3. The number of rotatable bonds is 5. The highest BCUT2D eigenvalue weighted by Crippen LogP contribution is 2.35. The molecule has 164 valence electrons. The SMILES string of the molecule is Cc1ccc(C(C)n2cccc(C(F)(F)c3ccc(-n4cnc(C)c4)c(C)c3)c2=O)cc1. The van der Waals surface area contributed by atoms with Gasteiger partial charge in [-0.15, -0.1) is 0 Å². The Labute approximate surface area is 185 Å². The number of benzene rings is 2. The maximum atomic E-state index is 15.5. The summed E-state index contributed by atoms with van der Waals surface area (Å²) in [7, 11) is 0. The summed E-state index contributed by atoms with van der Waals surface area (Å²) in [6.45, 7) is 7.45. The van der Waals surface area contributed by atoms with Gasteiger partial charge in [0.25, 0.3) is 5.56 Å². The number of hydrogen-bond acceptors (Lipinski definition) is 2. The number of pyridine rings is 1. The molecule has 4 rings (SSSR count). The van der Waals surface area contributed by atoms with E-state index in [4.69, 9.17) is 0 Å². The van der Waals surface area contributed by atoms with Crippen LogP contribution >= 0.6 is 0 Å². The van der Waals surface area contributed by atoms with Gasteiger partial charge in [0.05, 0.1) is 23.6 Å². The van der Waals surface area contributed by atoms with Gasteiger partial charge in [-0.1, -0.05) is 35.9 Å². The Balaban J connectivity index is 1.73. The molecular formula is C26H25F2N3O. The van der Waals surface area contributed by atoms with Crippen LogP contribution in [-0.4, -0.2) is 14.1 Å². The largest absolute Gasteiger partial charge is 0.308 e. The predicted molar refractivity (Wildman–Crippen MR) is 122 cm³/mol. The molecule has 32 heavy (non-hydrogen) atoms. The van der Waals surface area contributed by atoms with Gasteiger partial charge in [0.2, 0.25) is 0 Å². The summed E-state index contributed by atoms with van der Waals surface area (Å²) in [4.78, 5) is 17.3. The highest BCUT2D eigenvalue weighted by molar-refractivity contribution is 5.46. The highest BCUT2D eigenvalue weighted by atomic mass is 19.3. The van der Waals surface area contributed by atoms with Crippen LogP contribution in [0, 0.1) is 20.8 Å². The van der Waals surface area contributed by atoms with Gasteiger partial charge in [-0.25, -0.2) is 4.98 Å². The second-order valence-electron chi connectivity index (χ2n) is 8.22. The summed E-state index contributed by atoms with van der Waals surface area (Å²) in [5.41, 5.74) is 2.81. The first-order valence-electron chi connectivity index (χ1n) is 10.5. The zero-order valence-corrected chi connectivity index (χ0v) is 18.5. The molecule has 2 aromatic heterocycles. The summed E-state index contributed by atoms with van der Waals surface area (Å²) in [5.74, 6) is -3.43. The van der Waals surface area contributed by atoms with Crippen molar-refractivity contribution >= 4 is 0 Å². The topological polar surface area (TPSA) is 39.8 Å². The monoisotopic (exact) mass is 433 g/mol. The van der Waals surface area contributed by atoms with E-state index < -0.39 is 17.0 Å². The van der Waals surface area contributed by atoms with E-state index in [1.165, 1.54) is 28.8 Å². The minimum Gasteiger partial charge on any atom is -0.308 e. The highest BCUT2D eigenvalue weighted by Gasteiger charge is 2.37. The molecule has 1 atom stereocenters. The quantitative estimate of drug-likeness (QED) is 0.405. The van der Waals surface area contributed by atoms with Crippen molar-refractivity contribution in [3.8, 4) is 5.69 Å². The van der Waals surface area contributed by atoms with Crippen LogP contribution in [0.3, 0.4) is 0 Å². The van der Waals surface area contributed by atoms with Crippen LogP contribution in [0.5, 0.6) is 0 Å². The van der Waals surface area contributed by atoms with Crippen LogP contribution in [0.15, 0.2) is 78.1 Å². The Hall–Kier alpha value is -3.54. The summed E-state index contributed by atoms with van der Waals surface area (Å²) in [6.07, 6.45) is 5.04. The second kappa shape index (κ2) is 8.19. The summed E-state index contributed by atoms with van der Waals surface area (Å²) >= 11 is 0. The number of alkyl halides is 2. The molecule has 0 aliphatic rings. The van der Waals surface area contributed by atoms with E-state index in [1.54, 1.807) is 30.1 Å². The van der Waals surface area contributed by atoms with E-state index in [-0.39, 0.29) is 11.6 Å². The lowest BCUT2D eigenvalue weighted by molar-refractivity contribution is 0.0406. The van der Waals surface area contributed by atoms with Gasteiger partial charge in [-0.3, -0.25) is 4.79 Å². The third-order valence-corrected chi connectivity index (χ3v) is 5.84. The summed E-state index contributed by atoms with van der Waals surface area (Å²) in [5, 5.41) is 0. The molecule has 0 spiro atoms. The van der Waals surface area contributed by atoms with Crippen LogP contribution in [0.25, 0.3) is 5.69 Å². The van der Waals surface area contributed by atoms with E-state index in [2.05, 4.69) is 4.98 Å². The molecule has 0 aliphatic heterocycles. The van der Waals surface area contributed by atoms with Crippen molar-refractivity contribution < 1.29 is 8.78 Å². The Bertz CT molecular complexity index is 1320. The molecule has 4 aromatic rings. The van der Waals surface area contributed by atoms with Gasteiger partial charge in [-0.05, 0) is 63.1 Å². The standard InChI is InChI=1S/C26H25F2N3O/c1-17-7-9-21(10-8-17)20(4)31-13-5-6-23(25(31)32)26(27,28)22-11-12-24(18(2)14-22)30-15-19(3)29-16-30/h5-16,20H,1-4H3. The number of imidazole rings is 1. The van der Waals surface area contributed by atoms with Crippen molar-refractivity contribution in [2.24, 2.45) is 0 Å². The zero-order chi connectivity index (χ0) is 23.0. The minimum atomic E-state index is -3.43. The first-order chi connectivity index (χ1) is 15.2. The van der Waals surface area contributed by atoms with E-state index >= 15 is 8.78 Å². The van der Waals surface area contributed by atoms with Gasteiger partial charge in [0.15, 0.2) is 0 Å². The molecule has 4 nitrogen and oxygen atoms in total. The average molecular weight is 434 g/mol. The smallest absolute Gasteiger partial charge is 0.303 e. The van der Waals surface area contributed by atoms with Crippen LogP contribution < -0.4 is 5.56 Å². The van der Waals surface area contributed by atoms with Crippen molar-refractivity contribution in [2.45, 2.75) is 39.7 Å². The molecule has 1 unspecified atom stereocenters. The molecule has 0 saturated heterocycles. The zero-order valence-electron chi connectivity index (χ0n) is 18.5. The van der Waals surface area contributed by atoms with E-state index in [0.717, 1.165) is 22.5 Å². The summed E-state index contributed by atoms with van der Waals surface area (Å²) < 4.78 is 34.2. The fourth-order valence-corrected chi connectivity index (χ4v) is 3.91. The molecule has 0 bridgehead atoms. The third-order valence-electron chi connectivity index (χ3n) is 5.84. The maximum Gasteiger partial charge on any atom is 0.303 e. The Morgan fingerprint density at radius 1 is 1.00 bits per heavy atom. The summed E-state index contributed by atoms with van der Waals surface area (Å²) in [6, 6.07) is 14.5. The molecule has 6 heteroatoms. The molecule has 0 amide bonds. The molecule has 0 saturated carbocycles. The molecular weight excluding hydrogens is 408 g/mol. The van der Waals surface area contributed by atoms with Crippen molar-refractivity contribution in [1.29, 1.82) is 0 Å². The lowest BCUT2D eigenvalue weighted by Gasteiger charge is -2.21. The first kappa shape index (κ1) is 21.7. The number of halogens is 2. The normalized spacial score (nSPS) is 12.7. The molecule has 0 radical (unpaired) electrons. The predicted octanol–water partition coefficient (Wildman–Crippen LogP) is 5.71. The van der Waals surface area contributed by atoms with E-state index in [0.29, 0.717) is 5.56 Å². The van der Waals surface area contributed by atoms with Crippen LogP contribution in [0.1, 0.15) is 46.5 Å². The molecule has 2 heterocycles. The molecule has 0 aliphatic carbocycles. The second-order valence-corrected chi connectivity index (χ2v) is 8.22. The van der Waals surface area contributed by atoms with Crippen molar-refractivity contribution in [3.63, 3.8) is 0 Å². The van der Waals surface area contributed by atoms with Crippen LogP contribution in [0.2, 0.25) is 0 Å². The van der Waals surface area contributed by atoms with Gasteiger partial charge in [0, 0.05) is 23.6 Å². The van der Waals surface area contributed by atoms with Crippen LogP contribution in [0.4, 0.5) is 8.78 Å². The number of hydrogen-bond donors (Lipinski definition) is 0. The van der Waals surface area contributed by atoms with Gasteiger partial charge >= 0.3 is 5.92 Å². The lowest BCUT2D eigenvalue weighted by Crippen LogP contribution is -2.32. The van der Waals surface area contributed by atoms with Gasteiger partial charge in [0.1, 0.15) is 0 Å². The fraction of sp³-hybridized carbons (Fsp3) is 0.231. The molecule has 2 aromatic carbocycles. The first-order valence-corrected chi connectivity index (χ1v) is 10.5. The minimum absolute atomic E-state index is 0.214. The van der Waals surface area contributed by atoms with Crippen molar-refractivity contribution in [2.75, 3.05) is 0 Å². The van der Waals surface area contributed by atoms with E-state index in [1.807, 2.05) is 51.2 Å². The van der Waals surface area contributed by atoms with Crippen LogP contribution in [-0.2, 0) is 5.92 Å². The maximum absolute atomic E-state index is 15.5. The Morgan fingerprint density at radius 2 is 1.72 bits per heavy atom. The van der Waals surface area contributed by atoms with Crippen molar-refractivity contribution in [1.82, 2.24) is 14.1 Å². The fourth-order valence-electron chi connectivity index (χ4n) is 3.91. The lowest BCUT2D eigenvalue weighted by atomic mass is 9.98.